The summed E-state index contributed by atoms with van der Waals surface area (Å²) in [6.45, 7) is 0. The summed E-state index contributed by atoms with van der Waals surface area (Å²) in [4.78, 5) is 2.50. The average Bonchev–Trinajstić information content (AvgIpc) is 3.73. The molecule has 8 aromatic rings. The van der Waals surface area contributed by atoms with Crippen molar-refractivity contribution in [3.05, 3.63) is 169 Å². The average molecular weight is 576 g/mol. The second kappa shape index (κ2) is 9.35. The highest BCUT2D eigenvalue weighted by Gasteiger charge is 2.36. The first kappa shape index (κ1) is 24.6. The van der Waals surface area contributed by atoms with Gasteiger partial charge in [0.15, 0.2) is 0 Å². The molecule has 1 aliphatic heterocycles. The molecule has 0 radical (unpaired) electrons. The number of fused-ring (bicyclic) bond motifs is 9. The summed E-state index contributed by atoms with van der Waals surface area (Å²) in [5.41, 5.74) is 11.1. The zero-order valence-corrected chi connectivity index (χ0v) is 24.6. The van der Waals surface area contributed by atoms with Crippen LogP contribution in [0, 0.1) is 0 Å². The Labute approximate surface area is 261 Å². The molecule has 1 aliphatic carbocycles. The number of hydrogen-bond acceptors (Lipinski definition) is 1. The van der Waals surface area contributed by atoms with Gasteiger partial charge in [0.2, 0.25) is 0 Å². The zero-order valence-electron chi connectivity index (χ0n) is 24.6. The molecule has 0 saturated carbocycles. The number of aromatic nitrogens is 2. The predicted molar refractivity (Wildman–Crippen MR) is 189 cm³/mol. The Bertz CT molecular complexity index is 2490. The highest BCUT2D eigenvalue weighted by molar-refractivity contribution is 6.19. The molecule has 45 heavy (non-hydrogen) atoms. The maximum Gasteiger partial charge on any atom is 0.0629 e. The molecule has 3 heteroatoms. The van der Waals surface area contributed by atoms with Crippen LogP contribution in [-0.4, -0.2) is 15.2 Å². The van der Waals surface area contributed by atoms with E-state index in [2.05, 4.69) is 178 Å². The van der Waals surface area contributed by atoms with Gasteiger partial charge in [0.25, 0.3) is 0 Å². The van der Waals surface area contributed by atoms with Gasteiger partial charge in [-0.25, -0.2) is 0 Å². The first-order valence-electron chi connectivity index (χ1n) is 15.7. The molecule has 2 atom stereocenters. The van der Waals surface area contributed by atoms with Gasteiger partial charge < -0.3 is 14.0 Å². The van der Waals surface area contributed by atoms with Crippen molar-refractivity contribution in [3.8, 4) is 11.4 Å². The first-order chi connectivity index (χ1) is 22.3. The van der Waals surface area contributed by atoms with Gasteiger partial charge in [-0.15, -0.1) is 0 Å². The van der Waals surface area contributed by atoms with Crippen LogP contribution in [0.4, 0.5) is 11.4 Å². The minimum absolute atomic E-state index is 0.291. The van der Waals surface area contributed by atoms with E-state index in [-0.39, 0.29) is 0 Å². The van der Waals surface area contributed by atoms with E-state index in [1.54, 1.807) is 0 Å². The molecule has 2 aromatic heterocycles. The molecule has 0 N–H and O–H groups in total. The van der Waals surface area contributed by atoms with Crippen molar-refractivity contribution < 1.29 is 0 Å². The second-order valence-electron chi connectivity index (χ2n) is 12.2. The second-order valence-corrected chi connectivity index (χ2v) is 12.2. The van der Waals surface area contributed by atoms with Gasteiger partial charge in [-0.2, -0.15) is 0 Å². The topological polar surface area (TPSA) is 13.1 Å². The van der Waals surface area contributed by atoms with E-state index in [4.69, 9.17) is 0 Å². The third kappa shape index (κ3) is 3.46. The maximum absolute atomic E-state index is 2.50. The van der Waals surface area contributed by atoms with Crippen LogP contribution in [0.15, 0.2) is 164 Å². The van der Waals surface area contributed by atoms with Crippen molar-refractivity contribution in [1.29, 1.82) is 0 Å². The smallest absolute Gasteiger partial charge is 0.0629 e. The Hall–Kier alpha value is -5.80. The van der Waals surface area contributed by atoms with Crippen LogP contribution in [0.3, 0.4) is 0 Å². The van der Waals surface area contributed by atoms with Crippen molar-refractivity contribution in [2.24, 2.45) is 0 Å². The Kier molecular flexibility index (Phi) is 5.11. The fourth-order valence-electron chi connectivity index (χ4n) is 7.92. The van der Waals surface area contributed by atoms with Gasteiger partial charge in [0.1, 0.15) is 0 Å². The lowest BCUT2D eigenvalue weighted by Gasteiger charge is -2.28. The fourth-order valence-corrected chi connectivity index (χ4v) is 7.92. The zero-order chi connectivity index (χ0) is 29.5. The third-order valence-electron chi connectivity index (χ3n) is 9.83. The number of rotatable bonds is 3. The largest absolute Gasteiger partial charge is 0.333 e. The van der Waals surface area contributed by atoms with Crippen LogP contribution in [0.1, 0.15) is 11.5 Å². The first-order valence-corrected chi connectivity index (χ1v) is 15.7. The number of allylic oxidation sites excluding steroid dienone is 2. The molecule has 0 amide bonds. The van der Waals surface area contributed by atoms with Crippen LogP contribution in [-0.2, 0) is 0 Å². The highest BCUT2D eigenvalue weighted by Crippen LogP contribution is 2.48. The van der Waals surface area contributed by atoms with E-state index in [0.717, 1.165) is 5.69 Å². The standard InChI is InChI=1S/C42H29N3/c1-2-12-28(13-3-1)44-39-20-10-6-16-33(39)35-26-36-34-17-7-11-21-40(34)45(42(36)27-41(35)44)30-24-22-29(23-25-30)43-37-18-8-4-14-31(37)32-15-5-9-19-38(32)43/h1-27,31,37H. The van der Waals surface area contributed by atoms with E-state index >= 15 is 0 Å². The molecule has 2 aliphatic rings. The minimum Gasteiger partial charge on any atom is -0.333 e. The third-order valence-corrected chi connectivity index (χ3v) is 9.83. The summed E-state index contributed by atoms with van der Waals surface area (Å²) in [5.74, 6) is 0.377. The molecule has 0 saturated heterocycles. The molecule has 3 heterocycles. The van der Waals surface area contributed by atoms with Crippen molar-refractivity contribution >= 4 is 55.0 Å². The van der Waals surface area contributed by atoms with E-state index in [1.165, 1.54) is 66.2 Å². The summed E-state index contributed by atoms with van der Waals surface area (Å²) in [5, 5.41) is 5.09. The van der Waals surface area contributed by atoms with E-state index < -0.39 is 0 Å². The molecule has 6 aromatic carbocycles. The molecule has 0 spiro atoms. The van der Waals surface area contributed by atoms with Crippen LogP contribution in [0.25, 0.3) is 55.0 Å². The molecule has 0 fully saturated rings. The molecule has 2 unspecified atom stereocenters. The van der Waals surface area contributed by atoms with Gasteiger partial charge in [0, 0.05) is 50.2 Å². The Morgan fingerprint density at radius 1 is 0.400 bits per heavy atom. The lowest BCUT2D eigenvalue weighted by molar-refractivity contribution is 0.744. The number of hydrogen-bond donors (Lipinski definition) is 0. The van der Waals surface area contributed by atoms with Crippen molar-refractivity contribution in [2.75, 3.05) is 4.90 Å². The Morgan fingerprint density at radius 3 is 1.67 bits per heavy atom. The summed E-state index contributed by atoms with van der Waals surface area (Å²) in [6.07, 6.45) is 9.04. The molecule has 3 nitrogen and oxygen atoms in total. The van der Waals surface area contributed by atoms with Crippen LogP contribution >= 0.6 is 0 Å². The number of nitrogens with zero attached hydrogens (tertiary/aromatic N) is 3. The molecular weight excluding hydrogens is 546 g/mol. The van der Waals surface area contributed by atoms with E-state index in [0.29, 0.717) is 12.0 Å². The van der Waals surface area contributed by atoms with E-state index in [1.807, 2.05) is 0 Å². The van der Waals surface area contributed by atoms with Crippen LogP contribution in [0.5, 0.6) is 0 Å². The molecule has 10 rings (SSSR count). The summed E-state index contributed by atoms with van der Waals surface area (Å²) in [7, 11) is 0. The quantitative estimate of drug-likeness (QED) is 0.204. The predicted octanol–water partition coefficient (Wildman–Crippen LogP) is 10.6. The Morgan fingerprint density at radius 2 is 0.956 bits per heavy atom. The molecule has 212 valence electrons. The molecular formula is C42H29N3. The van der Waals surface area contributed by atoms with Gasteiger partial charge in [-0.1, -0.05) is 97.1 Å². The van der Waals surface area contributed by atoms with Crippen LogP contribution in [0.2, 0.25) is 0 Å². The summed E-state index contributed by atoms with van der Waals surface area (Å²) >= 11 is 0. The summed E-state index contributed by atoms with van der Waals surface area (Å²) in [6, 6.07) is 51.4. The Balaban J connectivity index is 1.19. The van der Waals surface area contributed by atoms with Crippen molar-refractivity contribution in [1.82, 2.24) is 9.13 Å². The number of anilines is 2. The van der Waals surface area contributed by atoms with Crippen molar-refractivity contribution in [2.45, 2.75) is 12.0 Å². The number of para-hydroxylation sites is 4. The van der Waals surface area contributed by atoms with E-state index in [9.17, 15) is 0 Å². The summed E-state index contributed by atoms with van der Waals surface area (Å²) < 4.78 is 4.84. The normalized spacial score (nSPS) is 17.1. The minimum atomic E-state index is 0.291. The van der Waals surface area contributed by atoms with Gasteiger partial charge in [-0.05, 0) is 72.3 Å². The maximum atomic E-state index is 2.50. The van der Waals surface area contributed by atoms with Crippen LogP contribution < -0.4 is 4.90 Å². The van der Waals surface area contributed by atoms with Crippen molar-refractivity contribution in [3.63, 3.8) is 0 Å². The molecule has 0 bridgehead atoms. The SMILES string of the molecule is C1=CC2c3ccccc3N(c3ccc(-n4c5ccccc5c5cc6c7ccccc7n(-c7ccccc7)c6cc54)cc3)C2C=C1. The lowest BCUT2D eigenvalue weighted by Crippen LogP contribution is -2.28. The van der Waals surface area contributed by atoms with Gasteiger partial charge in [0.05, 0.1) is 28.1 Å². The number of benzene rings is 6. The fraction of sp³-hybridized carbons (Fsp3) is 0.0476. The highest BCUT2D eigenvalue weighted by atomic mass is 15.2. The van der Waals surface area contributed by atoms with Gasteiger partial charge in [-0.3, -0.25) is 0 Å². The lowest BCUT2D eigenvalue weighted by atomic mass is 9.91. The monoisotopic (exact) mass is 575 g/mol. The van der Waals surface area contributed by atoms with Gasteiger partial charge >= 0.3 is 0 Å².